The lowest BCUT2D eigenvalue weighted by Crippen LogP contribution is -2.43. The molecule has 4 aromatic carbocycles. The molecular weight excluding hydrogens is 460 g/mol. The number of carbonyl (C=O) groups is 2. The number of carbonyl (C=O) groups excluding carboxylic acids is 2. The molecule has 1 atom stereocenters. The highest BCUT2D eigenvalue weighted by Crippen LogP contribution is 2.27. The molecule has 5 rings (SSSR count). The molecule has 0 aromatic heterocycles. The van der Waals surface area contributed by atoms with Gasteiger partial charge in [-0.1, -0.05) is 78.9 Å². The summed E-state index contributed by atoms with van der Waals surface area (Å²) in [6.07, 6.45) is 1.29. The zero-order valence-corrected chi connectivity index (χ0v) is 21.1. The molecule has 0 bridgehead atoms. The van der Waals surface area contributed by atoms with E-state index in [-0.39, 0.29) is 23.8 Å². The standard InChI is InChI=1S/C32H32N2O3/c1-2-37-27-17-15-25(16-18-27)30(24-10-4-3-5-11-24)33-31(35)26-19-21-34(22-20-26)32(36)29-14-8-12-23-9-6-7-13-28(23)29/h3-18,26,30H,2,19-22H2,1H3,(H,33,35). The maximum Gasteiger partial charge on any atom is 0.254 e. The summed E-state index contributed by atoms with van der Waals surface area (Å²) in [7, 11) is 0. The van der Waals surface area contributed by atoms with Gasteiger partial charge in [0.2, 0.25) is 5.91 Å². The maximum absolute atomic E-state index is 13.4. The molecule has 37 heavy (non-hydrogen) atoms. The third-order valence-electron chi connectivity index (χ3n) is 7.12. The highest BCUT2D eigenvalue weighted by Gasteiger charge is 2.30. The summed E-state index contributed by atoms with van der Waals surface area (Å²) in [6.45, 7) is 3.71. The first kappa shape index (κ1) is 24.6. The number of nitrogens with zero attached hydrogens (tertiary/aromatic N) is 1. The van der Waals surface area contributed by atoms with Crippen LogP contribution in [0.25, 0.3) is 10.8 Å². The van der Waals surface area contributed by atoms with E-state index in [1.54, 1.807) is 0 Å². The fraction of sp³-hybridized carbons (Fsp3) is 0.250. The lowest BCUT2D eigenvalue weighted by atomic mass is 9.93. The van der Waals surface area contributed by atoms with Gasteiger partial charge in [-0.05, 0) is 59.9 Å². The van der Waals surface area contributed by atoms with Gasteiger partial charge >= 0.3 is 0 Å². The van der Waals surface area contributed by atoms with E-state index in [1.165, 1.54) is 0 Å². The summed E-state index contributed by atoms with van der Waals surface area (Å²) in [5.41, 5.74) is 2.76. The van der Waals surface area contributed by atoms with Crippen LogP contribution in [0.2, 0.25) is 0 Å². The second-order valence-electron chi connectivity index (χ2n) is 9.45. The first-order valence-electron chi connectivity index (χ1n) is 13.0. The van der Waals surface area contributed by atoms with E-state index in [0.29, 0.717) is 32.5 Å². The van der Waals surface area contributed by atoms with Gasteiger partial charge < -0.3 is 15.0 Å². The third kappa shape index (κ3) is 5.51. The van der Waals surface area contributed by atoms with Crippen LogP contribution >= 0.6 is 0 Å². The van der Waals surface area contributed by atoms with Gasteiger partial charge in [-0.25, -0.2) is 0 Å². The van der Waals surface area contributed by atoms with Crippen LogP contribution in [0.4, 0.5) is 0 Å². The SMILES string of the molecule is CCOc1ccc(C(NC(=O)C2CCN(C(=O)c3cccc4ccccc34)CC2)c2ccccc2)cc1. The first-order valence-corrected chi connectivity index (χ1v) is 13.0. The molecular formula is C32H32N2O3. The normalized spacial score (nSPS) is 14.8. The number of fused-ring (bicyclic) bond motifs is 1. The van der Waals surface area contributed by atoms with E-state index in [2.05, 4.69) is 5.32 Å². The van der Waals surface area contributed by atoms with Crippen molar-refractivity contribution in [2.75, 3.05) is 19.7 Å². The minimum Gasteiger partial charge on any atom is -0.494 e. The number of amides is 2. The Labute approximate surface area is 218 Å². The van der Waals surface area contributed by atoms with E-state index in [1.807, 2.05) is 109 Å². The first-order chi connectivity index (χ1) is 18.1. The van der Waals surface area contributed by atoms with Gasteiger partial charge in [0.05, 0.1) is 12.6 Å². The molecule has 188 valence electrons. The molecule has 0 spiro atoms. The average Bonchev–Trinajstić information content (AvgIpc) is 2.96. The summed E-state index contributed by atoms with van der Waals surface area (Å²) < 4.78 is 5.59. The molecule has 1 heterocycles. The van der Waals surface area contributed by atoms with Gasteiger partial charge in [0, 0.05) is 24.6 Å². The smallest absolute Gasteiger partial charge is 0.254 e. The summed E-state index contributed by atoms with van der Waals surface area (Å²) in [5, 5.41) is 5.32. The number of piperidine rings is 1. The molecule has 1 aliphatic heterocycles. The molecule has 2 amide bonds. The summed E-state index contributed by atoms with van der Waals surface area (Å²) in [6, 6.07) is 31.5. The Kier molecular flexibility index (Phi) is 7.50. The van der Waals surface area contributed by atoms with Crippen LogP contribution in [0.3, 0.4) is 0 Å². The maximum atomic E-state index is 13.4. The largest absolute Gasteiger partial charge is 0.494 e. The van der Waals surface area contributed by atoms with Gasteiger partial charge in [0.1, 0.15) is 5.75 Å². The monoisotopic (exact) mass is 492 g/mol. The van der Waals surface area contributed by atoms with E-state index < -0.39 is 0 Å². The number of hydrogen-bond acceptors (Lipinski definition) is 3. The number of ether oxygens (including phenoxy) is 1. The highest BCUT2D eigenvalue weighted by atomic mass is 16.5. The Hall–Kier alpha value is -4.12. The van der Waals surface area contributed by atoms with Crippen LogP contribution in [-0.4, -0.2) is 36.4 Å². The molecule has 1 N–H and O–H groups in total. The fourth-order valence-corrected chi connectivity index (χ4v) is 5.11. The Balaban J connectivity index is 1.27. The predicted octanol–water partition coefficient (Wildman–Crippen LogP) is 6.00. The van der Waals surface area contributed by atoms with E-state index >= 15 is 0 Å². The molecule has 1 saturated heterocycles. The number of benzene rings is 4. The van der Waals surface area contributed by atoms with Gasteiger partial charge in [-0.15, -0.1) is 0 Å². The van der Waals surface area contributed by atoms with Crippen molar-refractivity contribution >= 4 is 22.6 Å². The van der Waals surface area contributed by atoms with Crippen LogP contribution in [0.1, 0.15) is 47.3 Å². The molecule has 0 aliphatic carbocycles. The number of rotatable bonds is 7. The van der Waals surface area contributed by atoms with Crippen LogP contribution in [0, 0.1) is 5.92 Å². The molecule has 1 aliphatic rings. The van der Waals surface area contributed by atoms with Gasteiger partial charge in [0.15, 0.2) is 0 Å². The minimum absolute atomic E-state index is 0.0278. The average molecular weight is 493 g/mol. The Bertz CT molecular complexity index is 1350. The van der Waals surface area contributed by atoms with Crippen LogP contribution in [0.5, 0.6) is 5.75 Å². The quantitative estimate of drug-likeness (QED) is 0.344. The van der Waals surface area contributed by atoms with Crippen LogP contribution in [-0.2, 0) is 4.79 Å². The second kappa shape index (κ2) is 11.3. The number of likely N-dealkylation sites (tertiary alicyclic amines) is 1. The van der Waals surface area contributed by atoms with Crippen LogP contribution in [0.15, 0.2) is 97.1 Å². The van der Waals surface area contributed by atoms with Crippen molar-refractivity contribution in [1.82, 2.24) is 10.2 Å². The Morgan fingerprint density at radius 1 is 0.838 bits per heavy atom. The van der Waals surface area contributed by atoms with E-state index in [0.717, 1.165) is 33.2 Å². The van der Waals surface area contributed by atoms with Crippen molar-refractivity contribution in [2.45, 2.75) is 25.8 Å². The topological polar surface area (TPSA) is 58.6 Å². The minimum atomic E-state index is -0.250. The highest BCUT2D eigenvalue weighted by molar-refractivity contribution is 6.07. The molecule has 1 fully saturated rings. The van der Waals surface area contributed by atoms with Gasteiger partial charge in [-0.2, -0.15) is 0 Å². The lowest BCUT2D eigenvalue weighted by molar-refractivity contribution is -0.126. The van der Waals surface area contributed by atoms with E-state index in [4.69, 9.17) is 4.74 Å². The molecule has 1 unspecified atom stereocenters. The lowest BCUT2D eigenvalue weighted by Gasteiger charge is -2.32. The molecule has 4 aromatic rings. The van der Waals surface area contributed by atoms with Crippen molar-refractivity contribution in [3.8, 4) is 5.75 Å². The van der Waals surface area contributed by atoms with Crippen molar-refractivity contribution in [3.63, 3.8) is 0 Å². The molecule has 0 saturated carbocycles. The number of nitrogens with one attached hydrogen (secondary N) is 1. The number of hydrogen-bond donors (Lipinski definition) is 1. The summed E-state index contributed by atoms with van der Waals surface area (Å²) in [4.78, 5) is 28.6. The third-order valence-corrected chi connectivity index (χ3v) is 7.12. The second-order valence-corrected chi connectivity index (χ2v) is 9.45. The van der Waals surface area contributed by atoms with E-state index in [9.17, 15) is 9.59 Å². The van der Waals surface area contributed by atoms with Crippen LogP contribution < -0.4 is 10.1 Å². The zero-order chi connectivity index (χ0) is 25.6. The summed E-state index contributed by atoms with van der Waals surface area (Å²) in [5.74, 6) is 0.741. The van der Waals surface area contributed by atoms with Crippen molar-refractivity contribution in [3.05, 3.63) is 114 Å². The zero-order valence-electron chi connectivity index (χ0n) is 21.1. The van der Waals surface area contributed by atoms with Gasteiger partial charge in [0.25, 0.3) is 5.91 Å². The van der Waals surface area contributed by atoms with Crippen molar-refractivity contribution in [1.29, 1.82) is 0 Å². The molecule has 0 radical (unpaired) electrons. The van der Waals surface area contributed by atoms with Crippen molar-refractivity contribution in [2.24, 2.45) is 5.92 Å². The summed E-state index contributed by atoms with van der Waals surface area (Å²) >= 11 is 0. The fourth-order valence-electron chi connectivity index (χ4n) is 5.11. The molecule has 5 nitrogen and oxygen atoms in total. The van der Waals surface area contributed by atoms with Crippen molar-refractivity contribution < 1.29 is 14.3 Å². The molecule has 5 heteroatoms. The van der Waals surface area contributed by atoms with Gasteiger partial charge in [-0.3, -0.25) is 9.59 Å². The Morgan fingerprint density at radius 3 is 2.22 bits per heavy atom. The Morgan fingerprint density at radius 2 is 1.49 bits per heavy atom. The predicted molar refractivity (Wildman–Crippen MR) is 147 cm³/mol.